The van der Waals surface area contributed by atoms with E-state index in [0.717, 1.165) is 11.8 Å². The number of hydrogen-bond donors (Lipinski definition) is 2. The zero-order valence-corrected chi connectivity index (χ0v) is 16.2. The number of imidazole rings is 1. The van der Waals surface area contributed by atoms with Gasteiger partial charge in [0.15, 0.2) is 5.69 Å². The van der Waals surface area contributed by atoms with Gasteiger partial charge < -0.3 is 15.8 Å². The molecule has 4 rings (SSSR count). The van der Waals surface area contributed by atoms with Crippen LogP contribution in [0.1, 0.15) is 23.8 Å². The molecule has 0 aliphatic heterocycles. The molecule has 0 aliphatic rings. The molecule has 4 aromatic rings. The number of nitrogen functional groups attached to an aromatic ring is 1. The van der Waals surface area contributed by atoms with Crippen LogP contribution in [-0.2, 0) is 0 Å². The first-order valence-corrected chi connectivity index (χ1v) is 9.36. The van der Waals surface area contributed by atoms with E-state index >= 15 is 0 Å². The molecule has 2 heterocycles. The number of anilines is 1. The summed E-state index contributed by atoms with van der Waals surface area (Å²) in [7, 11) is 1.56. The number of pyridine rings is 1. The van der Waals surface area contributed by atoms with Gasteiger partial charge >= 0.3 is 0 Å². The lowest BCUT2D eigenvalue weighted by molar-refractivity contribution is 0.0950. The first-order chi connectivity index (χ1) is 14.0. The third-order valence-corrected chi connectivity index (χ3v) is 4.87. The van der Waals surface area contributed by atoms with Crippen molar-refractivity contribution in [3.05, 3.63) is 60.2 Å². The molecule has 2 aromatic carbocycles. The van der Waals surface area contributed by atoms with Crippen LogP contribution in [0.4, 0.5) is 10.2 Å². The summed E-state index contributed by atoms with van der Waals surface area (Å²) < 4.78 is 21.3. The van der Waals surface area contributed by atoms with Gasteiger partial charge in [-0.15, -0.1) is 0 Å². The van der Waals surface area contributed by atoms with E-state index in [2.05, 4.69) is 10.3 Å². The molecule has 0 unspecified atom stereocenters. The molecule has 0 aliphatic carbocycles. The standard InChI is InChI=1S/C22H21FN4O2/c1-3-10-25-22(28)19-20(24)27-11-4-5-15(21(27)26-19)18-16-12-14(23)8-6-13(16)7-9-17(18)29-2/h4-9,11-12H,3,10,24H2,1-2H3,(H,25,28). The summed E-state index contributed by atoms with van der Waals surface area (Å²) in [5, 5.41) is 4.36. The molecule has 0 fully saturated rings. The molecule has 7 heteroatoms. The van der Waals surface area contributed by atoms with Crippen LogP contribution in [0.25, 0.3) is 27.5 Å². The molecule has 6 nitrogen and oxygen atoms in total. The van der Waals surface area contributed by atoms with Crippen molar-refractivity contribution < 1.29 is 13.9 Å². The van der Waals surface area contributed by atoms with Gasteiger partial charge in [0, 0.05) is 23.9 Å². The number of carbonyl (C=O) groups excluding carboxylic acids is 1. The van der Waals surface area contributed by atoms with Gasteiger partial charge in [0.1, 0.15) is 23.0 Å². The van der Waals surface area contributed by atoms with E-state index in [1.54, 1.807) is 23.8 Å². The monoisotopic (exact) mass is 392 g/mol. The first kappa shape index (κ1) is 18.7. The molecular weight excluding hydrogens is 371 g/mol. The second kappa shape index (κ2) is 7.43. The topological polar surface area (TPSA) is 81.6 Å². The predicted molar refractivity (Wildman–Crippen MR) is 112 cm³/mol. The molecule has 2 aromatic heterocycles. The van der Waals surface area contributed by atoms with E-state index in [0.29, 0.717) is 34.5 Å². The number of nitrogens with one attached hydrogen (secondary N) is 1. The van der Waals surface area contributed by atoms with Crippen LogP contribution in [0, 0.1) is 5.82 Å². The lowest BCUT2D eigenvalue weighted by Gasteiger charge is -2.13. The number of carbonyl (C=O) groups is 1. The van der Waals surface area contributed by atoms with Crippen molar-refractivity contribution in [2.75, 3.05) is 19.4 Å². The van der Waals surface area contributed by atoms with Crippen molar-refractivity contribution in [1.82, 2.24) is 14.7 Å². The summed E-state index contributed by atoms with van der Waals surface area (Å²) in [5.41, 5.74) is 8.27. The molecular formula is C22H21FN4O2. The van der Waals surface area contributed by atoms with Crippen LogP contribution in [0.15, 0.2) is 48.7 Å². The zero-order chi connectivity index (χ0) is 20.5. The number of rotatable bonds is 5. The lowest BCUT2D eigenvalue weighted by Crippen LogP contribution is -2.25. The van der Waals surface area contributed by atoms with E-state index in [1.165, 1.54) is 12.1 Å². The van der Waals surface area contributed by atoms with E-state index in [9.17, 15) is 9.18 Å². The molecule has 29 heavy (non-hydrogen) atoms. The minimum absolute atomic E-state index is 0.163. The van der Waals surface area contributed by atoms with E-state index in [-0.39, 0.29) is 23.2 Å². The summed E-state index contributed by atoms with van der Waals surface area (Å²) in [6.45, 7) is 2.51. The number of nitrogens with zero attached hydrogens (tertiary/aromatic N) is 2. The Labute approximate surface area is 167 Å². The fourth-order valence-corrected chi connectivity index (χ4v) is 3.49. The normalized spacial score (nSPS) is 11.1. The number of aromatic nitrogens is 2. The number of ether oxygens (including phenoxy) is 1. The molecule has 148 valence electrons. The fourth-order valence-electron chi connectivity index (χ4n) is 3.49. The highest BCUT2D eigenvalue weighted by molar-refractivity contribution is 6.04. The molecule has 0 saturated heterocycles. The van der Waals surface area contributed by atoms with Crippen molar-refractivity contribution in [2.24, 2.45) is 0 Å². The molecule has 3 N–H and O–H groups in total. The summed E-state index contributed by atoms with van der Waals surface area (Å²) in [6.07, 6.45) is 2.55. The predicted octanol–water partition coefficient (Wildman–Crippen LogP) is 4.02. The Morgan fingerprint density at radius 1 is 1.28 bits per heavy atom. The molecule has 0 radical (unpaired) electrons. The van der Waals surface area contributed by atoms with Crippen LogP contribution < -0.4 is 15.8 Å². The highest BCUT2D eigenvalue weighted by Gasteiger charge is 2.21. The van der Waals surface area contributed by atoms with Gasteiger partial charge in [0.25, 0.3) is 5.91 Å². The zero-order valence-electron chi connectivity index (χ0n) is 16.2. The lowest BCUT2D eigenvalue weighted by atomic mass is 9.97. The van der Waals surface area contributed by atoms with Crippen LogP contribution in [0.3, 0.4) is 0 Å². The number of hydrogen-bond acceptors (Lipinski definition) is 4. The highest BCUT2D eigenvalue weighted by Crippen LogP contribution is 2.39. The minimum atomic E-state index is -0.346. The smallest absolute Gasteiger partial charge is 0.273 e. The summed E-state index contributed by atoms with van der Waals surface area (Å²) >= 11 is 0. The van der Waals surface area contributed by atoms with Gasteiger partial charge in [0.2, 0.25) is 0 Å². The first-order valence-electron chi connectivity index (χ1n) is 9.36. The number of nitrogens with two attached hydrogens (primary N) is 1. The SMILES string of the molecule is CCCNC(=O)c1nc2c(-c3c(OC)ccc4ccc(F)cc34)cccn2c1N. The molecule has 0 atom stereocenters. The fraction of sp³-hybridized carbons (Fsp3) is 0.182. The van der Waals surface area contributed by atoms with Crippen molar-refractivity contribution in [2.45, 2.75) is 13.3 Å². The van der Waals surface area contributed by atoms with Gasteiger partial charge in [-0.2, -0.15) is 0 Å². The van der Waals surface area contributed by atoms with E-state index in [4.69, 9.17) is 10.5 Å². The second-order valence-electron chi connectivity index (χ2n) is 6.73. The van der Waals surface area contributed by atoms with Gasteiger partial charge in [-0.25, -0.2) is 9.37 Å². The Morgan fingerprint density at radius 2 is 2.07 bits per heavy atom. The Hall–Kier alpha value is -3.61. The van der Waals surface area contributed by atoms with Gasteiger partial charge in [-0.05, 0) is 47.5 Å². The average molecular weight is 392 g/mol. The summed E-state index contributed by atoms with van der Waals surface area (Å²) in [5.74, 6) is 0.159. The van der Waals surface area contributed by atoms with Crippen LogP contribution in [0.2, 0.25) is 0 Å². The van der Waals surface area contributed by atoms with Crippen molar-refractivity contribution in [1.29, 1.82) is 0 Å². The maximum Gasteiger partial charge on any atom is 0.273 e. The minimum Gasteiger partial charge on any atom is -0.496 e. The van der Waals surface area contributed by atoms with Crippen molar-refractivity contribution >= 4 is 28.1 Å². The summed E-state index contributed by atoms with van der Waals surface area (Å²) in [6, 6.07) is 12.0. The van der Waals surface area contributed by atoms with Crippen LogP contribution in [0.5, 0.6) is 5.75 Å². The van der Waals surface area contributed by atoms with Gasteiger partial charge in [-0.1, -0.05) is 19.1 Å². The van der Waals surface area contributed by atoms with Gasteiger partial charge in [0.05, 0.1) is 7.11 Å². The van der Waals surface area contributed by atoms with E-state index < -0.39 is 0 Å². The van der Waals surface area contributed by atoms with Crippen molar-refractivity contribution in [3.8, 4) is 16.9 Å². The number of benzene rings is 2. The molecule has 0 spiro atoms. The average Bonchev–Trinajstić information content (AvgIpc) is 3.08. The van der Waals surface area contributed by atoms with Crippen molar-refractivity contribution in [3.63, 3.8) is 0 Å². The van der Waals surface area contributed by atoms with Crippen LogP contribution in [-0.4, -0.2) is 28.9 Å². The Morgan fingerprint density at radius 3 is 2.83 bits per heavy atom. The molecule has 1 amide bonds. The third-order valence-electron chi connectivity index (χ3n) is 4.87. The summed E-state index contributed by atoms with van der Waals surface area (Å²) in [4.78, 5) is 17.0. The quantitative estimate of drug-likeness (QED) is 0.537. The number of methoxy groups -OCH3 is 1. The third kappa shape index (κ3) is 3.14. The number of fused-ring (bicyclic) bond motifs is 2. The largest absolute Gasteiger partial charge is 0.496 e. The Balaban J connectivity index is 2.00. The van der Waals surface area contributed by atoms with Crippen LogP contribution >= 0.6 is 0 Å². The number of amides is 1. The number of halogens is 1. The molecule has 0 bridgehead atoms. The van der Waals surface area contributed by atoms with Gasteiger partial charge in [-0.3, -0.25) is 9.20 Å². The maximum absolute atomic E-state index is 14.0. The Kier molecular flexibility index (Phi) is 4.80. The second-order valence-corrected chi connectivity index (χ2v) is 6.73. The maximum atomic E-state index is 14.0. The Bertz CT molecular complexity index is 1230. The molecule has 0 saturated carbocycles. The highest BCUT2D eigenvalue weighted by atomic mass is 19.1. The van der Waals surface area contributed by atoms with E-state index in [1.807, 2.05) is 31.2 Å².